The summed E-state index contributed by atoms with van der Waals surface area (Å²) in [6.45, 7) is 6.47. The van der Waals surface area contributed by atoms with Gasteiger partial charge in [-0.25, -0.2) is 0 Å². The van der Waals surface area contributed by atoms with E-state index in [1.165, 1.54) is 6.92 Å². The zero-order valence-corrected chi connectivity index (χ0v) is 8.82. The Morgan fingerprint density at radius 3 is 2.71 bits per heavy atom. The Balaban J connectivity index is 2.10. The lowest BCUT2D eigenvalue weighted by atomic mass is 9.83. The monoisotopic (exact) mass is 199 g/mol. The zero-order valence-electron chi connectivity index (χ0n) is 8.82. The molecule has 80 valence electrons. The van der Waals surface area contributed by atoms with Crippen molar-refractivity contribution < 1.29 is 14.3 Å². The summed E-state index contributed by atoms with van der Waals surface area (Å²) in [4.78, 5) is 11.0. The van der Waals surface area contributed by atoms with Crippen LogP contribution in [0.25, 0.3) is 0 Å². The largest absolute Gasteiger partial charge is 0.348 e. The van der Waals surface area contributed by atoms with E-state index in [1.54, 1.807) is 0 Å². The quantitative estimate of drug-likeness (QED) is 0.669. The minimum absolute atomic E-state index is 0.00116. The highest BCUT2D eigenvalue weighted by Crippen LogP contribution is 2.35. The van der Waals surface area contributed by atoms with Crippen molar-refractivity contribution in [3.05, 3.63) is 0 Å². The van der Waals surface area contributed by atoms with Crippen LogP contribution in [0.3, 0.4) is 0 Å². The molecule has 0 aromatic carbocycles. The summed E-state index contributed by atoms with van der Waals surface area (Å²) in [5.74, 6) is 0.822. The maximum absolute atomic E-state index is 11.0. The number of rotatable bonds is 1. The topological polar surface area (TPSA) is 47.6 Å². The molecule has 1 amide bonds. The number of ether oxygens (including phenoxy) is 2. The van der Waals surface area contributed by atoms with Crippen LogP contribution in [0.1, 0.15) is 20.8 Å². The number of carbonyl (C=O) groups is 1. The fraction of sp³-hybridized carbons (Fsp3) is 0.900. The Morgan fingerprint density at radius 1 is 1.36 bits per heavy atom. The van der Waals surface area contributed by atoms with Gasteiger partial charge in [-0.1, -0.05) is 13.8 Å². The molecule has 4 heteroatoms. The van der Waals surface area contributed by atoms with E-state index in [9.17, 15) is 4.79 Å². The molecule has 2 aliphatic heterocycles. The van der Waals surface area contributed by atoms with E-state index in [0.29, 0.717) is 18.4 Å². The van der Waals surface area contributed by atoms with Gasteiger partial charge >= 0.3 is 0 Å². The first kappa shape index (κ1) is 9.93. The molecule has 4 nitrogen and oxygen atoms in total. The Hall–Kier alpha value is -0.610. The van der Waals surface area contributed by atoms with Gasteiger partial charge in [-0.2, -0.15) is 0 Å². The molecule has 5 atom stereocenters. The van der Waals surface area contributed by atoms with Gasteiger partial charge in [0.2, 0.25) is 5.91 Å². The molecule has 1 N–H and O–H groups in total. The van der Waals surface area contributed by atoms with Gasteiger partial charge in [0.25, 0.3) is 0 Å². The normalized spacial score (nSPS) is 46.4. The van der Waals surface area contributed by atoms with Gasteiger partial charge in [0.05, 0.1) is 18.8 Å². The van der Waals surface area contributed by atoms with Gasteiger partial charge in [-0.15, -0.1) is 0 Å². The van der Waals surface area contributed by atoms with E-state index in [1.807, 2.05) is 0 Å². The second-order valence-corrected chi connectivity index (χ2v) is 4.32. The molecule has 14 heavy (non-hydrogen) atoms. The Bertz CT molecular complexity index is 244. The molecule has 2 saturated heterocycles. The first-order valence-corrected chi connectivity index (χ1v) is 5.13. The maximum Gasteiger partial charge on any atom is 0.217 e. The SMILES string of the molecule is CC(=O)N[C@H]1[C@@H]2OC[C@@H](O2)[C@H](C)[C@@H]1C. The molecule has 0 unspecified atom stereocenters. The van der Waals surface area contributed by atoms with Crippen molar-refractivity contribution in [1.82, 2.24) is 5.32 Å². The van der Waals surface area contributed by atoms with Crippen LogP contribution in [0.15, 0.2) is 0 Å². The summed E-state index contributed by atoms with van der Waals surface area (Å²) >= 11 is 0. The molecule has 0 aromatic heterocycles. The van der Waals surface area contributed by atoms with Crippen molar-refractivity contribution >= 4 is 5.91 Å². The van der Waals surface area contributed by atoms with Crippen LogP contribution in [-0.4, -0.2) is 30.9 Å². The van der Waals surface area contributed by atoms with Gasteiger partial charge < -0.3 is 14.8 Å². The molecule has 0 aliphatic carbocycles. The molecule has 0 spiro atoms. The molecule has 0 radical (unpaired) electrons. The van der Waals surface area contributed by atoms with Gasteiger partial charge in [-0.05, 0) is 11.8 Å². The fourth-order valence-electron chi connectivity index (χ4n) is 2.25. The van der Waals surface area contributed by atoms with Crippen molar-refractivity contribution in [3.63, 3.8) is 0 Å². The molecular formula is C10H17NO3. The lowest BCUT2D eigenvalue weighted by molar-refractivity contribution is -0.146. The summed E-state index contributed by atoms with van der Waals surface area (Å²) in [6.07, 6.45) is -0.0323. The van der Waals surface area contributed by atoms with Crippen LogP contribution in [0.5, 0.6) is 0 Å². The van der Waals surface area contributed by atoms with E-state index < -0.39 is 0 Å². The number of fused-ring (bicyclic) bond motifs is 2. The van der Waals surface area contributed by atoms with Gasteiger partial charge in [0.15, 0.2) is 6.29 Å². The third-order valence-corrected chi connectivity index (χ3v) is 3.38. The van der Waals surface area contributed by atoms with Gasteiger partial charge in [0.1, 0.15) is 0 Å². The first-order chi connectivity index (χ1) is 6.59. The molecule has 2 heterocycles. The molecule has 0 aromatic rings. The summed E-state index contributed by atoms with van der Waals surface area (Å²) in [7, 11) is 0. The van der Waals surface area contributed by atoms with E-state index in [4.69, 9.17) is 9.47 Å². The molecular weight excluding hydrogens is 182 g/mol. The van der Waals surface area contributed by atoms with Crippen LogP contribution >= 0.6 is 0 Å². The average molecular weight is 199 g/mol. The average Bonchev–Trinajstić information content (AvgIpc) is 2.55. The van der Waals surface area contributed by atoms with Crippen molar-refractivity contribution in [2.45, 2.75) is 39.2 Å². The van der Waals surface area contributed by atoms with Crippen molar-refractivity contribution in [1.29, 1.82) is 0 Å². The van der Waals surface area contributed by atoms with E-state index in [2.05, 4.69) is 19.2 Å². The Morgan fingerprint density at radius 2 is 2.07 bits per heavy atom. The molecule has 2 aliphatic rings. The maximum atomic E-state index is 11.0. The minimum atomic E-state index is -0.241. The van der Waals surface area contributed by atoms with E-state index >= 15 is 0 Å². The standard InChI is InChI=1S/C10H17NO3/c1-5-6(2)9(11-7(3)12)10-13-4-8(5)14-10/h5-6,8-10H,4H2,1-3H3,(H,11,12)/t5-,6+,8-,9-,10-/m1/s1. The molecule has 2 bridgehead atoms. The van der Waals surface area contributed by atoms with Gasteiger partial charge in [-0.3, -0.25) is 4.79 Å². The third-order valence-electron chi connectivity index (χ3n) is 3.38. The number of amides is 1. The summed E-state index contributed by atoms with van der Waals surface area (Å²) < 4.78 is 11.2. The number of carbonyl (C=O) groups excluding carboxylic acids is 1. The Kier molecular flexibility index (Phi) is 2.49. The molecule has 2 rings (SSSR count). The number of nitrogens with one attached hydrogen (secondary N) is 1. The van der Waals surface area contributed by atoms with Crippen molar-refractivity contribution in [3.8, 4) is 0 Å². The van der Waals surface area contributed by atoms with Crippen LogP contribution in [-0.2, 0) is 14.3 Å². The van der Waals surface area contributed by atoms with Crippen LogP contribution in [0.2, 0.25) is 0 Å². The Labute approximate surface area is 84.0 Å². The highest BCUT2D eigenvalue weighted by molar-refractivity contribution is 5.73. The summed E-state index contributed by atoms with van der Waals surface area (Å²) in [5.41, 5.74) is 0. The number of hydrogen-bond donors (Lipinski definition) is 1. The lowest BCUT2D eigenvalue weighted by Crippen LogP contribution is -2.53. The number of hydrogen-bond acceptors (Lipinski definition) is 3. The predicted octanol–water partition coefficient (Wildman–Crippen LogP) is 0.518. The second-order valence-electron chi connectivity index (χ2n) is 4.32. The zero-order chi connectivity index (χ0) is 10.3. The first-order valence-electron chi connectivity index (χ1n) is 5.13. The highest BCUT2D eigenvalue weighted by atomic mass is 16.7. The van der Waals surface area contributed by atoms with Crippen LogP contribution in [0.4, 0.5) is 0 Å². The highest BCUT2D eigenvalue weighted by Gasteiger charge is 2.46. The van der Waals surface area contributed by atoms with E-state index in [-0.39, 0.29) is 24.3 Å². The van der Waals surface area contributed by atoms with Gasteiger partial charge in [0, 0.05) is 6.92 Å². The third kappa shape index (κ3) is 1.53. The minimum Gasteiger partial charge on any atom is -0.348 e. The molecule has 0 saturated carbocycles. The van der Waals surface area contributed by atoms with Crippen LogP contribution in [0, 0.1) is 11.8 Å². The molecule has 2 fully saturated rings. The predicted molar refractivity (Wildman–Crippen MR) is 50.5 cm³/mol. The second kappa shape index (κ2) is 3.51. The van der Waals surface area contributed by atoms with Crippen molar-refractivity contribution in [2.24, 2.45) is 11.8 Å². The fourth-order valence-corrected chi connectivity index (χ4v) is 2.25. The van der Waals surface area contributed by atoms with E-state index in [0.717, 1.165) is 0 Å². The van der Waals surface area contributed by atoms with Crippen molar-refractivity contribution in [2.75, 3.05) is 6.61 Å². The lowest BCUT2D eigenvalue weighted by Gasteiger charge is -2.37. The van der Waals surface area contributed by atoms with Crippen LogP contribution < -0.4 is 5.32 Å². The summed E-state index contributed by atoms with van der Waals surface area (Å²) in [6, 6.07) is 0.00116. The smallest absolute Gasteiger partial charge is 0.217 e. The summed E-state index contributed by atoms with van der Waals surface area (Å²) in [5, 5.41) is 2.90.